The highest BCUT2D eigenvalue weighted by molar-refractivity contribution is 6.47. The summed E-state index contributed by atoms with van der Waals surface area (Å²) in [7, 11) is 0. The van der Waals surface area contributed by atoms with E-state index in [-0.39, 0.29) is 11.5 Å². The Kier molecular flexibility index (Phi) is 5.56. The number of Topliss-reactive ketones (excluding diaryl/α,β-unsaturated/α-hetero) is 1. The van der Waals surface area contributed by atoms with Crippen LogP contribution in [0.2, 0.25) is 0 Å². The first-order valence-corrected chi connectivity index (χ1v) is 9.51. The van der Waals surface area contributed by atoms with Crippen LogP contribution < -0.4 is 9.47 Å². The molecule has 0 saturated heterocycles. The van der Waals surface area contributed by atoms with Gasteiger partial charge in [-0.1, -0.05) is 65.8 Å². The minimum absolute atomic E-state index is 0.171. The van der Waals surface area contributed by atoms with Crippen molar-refractivity contribution in [2.75, 3.05) is 0 Å². The van der Waals surface area contributed by atoms with E-state index in [9.17, 15) is 4.79 Å². The van der Waals surface area contributed by atoms with Crippen LogP contribution in [0.15, 0.2) is 78.0 Å². The van der Waals surface area contributed by atoms with Crippen LogP contribution in [0.5, 0.6) is 11.5 Å². The summed E-state index contributed by atoms with van der Waals surface area (Å²) in [5.74, 6) is 0.904. The normalized spacial score (nSPS) is 14.5. The fourth-order valence-electron chi connectivity index (χ4n) is 3.41. The van der Waals surface area contributed by atoms with E-state index >= 15 is 0 Å². The number of carbonyl (C=O) groups is 1. The standard InChI is InChI=1S/C24H21NO4/c26-23-19-12-14-22(28-15-17-7-3-1-4-8-17)24(20(19)11-13-21(23)25-27)29-16-18-9-5-2-6-10-18/h1-10,12,14,27H,11,13,15-16H2/b25-21+. The SMILES string of the molecule is O=C1/C(=N/O)CCc2c1ccc(OCc1ccccc1)c2OCc1ccccc1. The molecule has 3 aromatic carbocycles. The number of benzene rings is 3. The van der Waals surface area contributed by atoms with E-state index in [0.717, 1.165) is 16.7 Å². The first-order chi connectivity index (χ1) is 14.3. The topological polar surface area (TPSA) is 68.1 Å². The van der Waals surface area contributed by atoms with Crippen molar-refractivity contribution in [1.82, 2.24) is 0 Å². The molecule has 1 aliphatic carbocycles. The molecule has 0 saturated carbocycles. The predicted octanol–water partition coefficient (Wildman–Crippen LogP) is 4.80. The summed E-state index contributed by atoms with van der Waals surface area (Å²) in [4.78, 5) is 12.6. The van der Waals surface area contributed by atoms with Crippen LogP contribution >= 0.6 is 0 Å². The smallest absolute Gasteiger partial charge is 0.210 e. The fourth-order valence-corrected chi connectivity index (χ4v) is 3.41. The zero-order valence-corrected chi connectivity index (χ0v) is 15.9. The highest BCUT2D eigenvalue weighted by Gasteiger charge is 2.28. The predicted molar refractivity (Wildman–Crippen MR) is 110 cm³/mol. The molecule has 0 heterocycles. The fraction of sp³-hybridized carbons (Fsp3) is 0.167. The molecule has 0 spiro atoms. The van der Waals surface area contributed by atoms with E-state index in [4.69, 9.17) is 14.7 Å². The van der Waals surface area contributed by atoms with Crippen molar-refractivity contribution in [2.45, 2.75) is 26.1 Å². The molecule has 0 radical (unpaired) electrons. The summed E-state index contributed by atoms with van der Waals surface area (Å²) in [6, 6.07) is 23.2. The maximum Gasteiger partial charge on any atom is 0.210 e. The Morgan fingerprint density at radius 3 is 2.03 bits per heavy atom. The Balaban J connectivity index is 1.65. The molecule has 1 aliphatic rings. The Morgan fingerprint density at radius 2 is 1.41 bits per heavy atom. The van der Waals surface area contributed by atoms with Crippen molar-refractivity contribution >= 4 is 11.5 Å². The van der Waals surface area contributed by atoms with Crippen LogP contribution in [0, 0.1) is 0 Å². The third kappa shape index (κ3) is 4.14. The van der Waals surface area contributed by atoms with Crippen molar-refractivity contribution in [1.29, 1.82) is 0 Å². The molecule has 0 unspecified atom stereocenters. The second-order valence-electron chi connectivity index (χ2n) is 6.84. The molecular weight excluding hydrogens is 366 g/mol. The Bertz CT molecular complexity index is 1030. The van der Waals surface area contributed by atoms with Gasteiger partial charge in [0.2, 0.25) is 5.78 Å². The van der Waals surface area contributed by atoms with Crippen molar-refractivity contribution in [3.8, 4) is 11.5 Å². The minimum atomic E-state index is -0.270. The number of ether oxygens (including phenoxy) is 2. The summed E-state index contributed by atoms with van der Waals surface area (Å²) >= 11 is 0. The maximum atomic E-state index is 12.6. The number of fused-ring (bicyclic) bond motifs is 1. The monoisotopic (exact) mass is 387 g/mol. The van der Waals surface area contributed by atoms with Gasteiger partial charge >= 0.3 is 0 Å². The molecule has 4 rings (SSSR count). The lowest BCUT2D eigenvalue weighted by molar-refractivity contribution is 0.105. The van der Waals surface area contributed by atoms with Crippen LogP contribution in [-0.2, 0) is 19.6 Å². The number of hydrogen-bond acceptors (Lipinski definition) is 5. The average Bonchev–Trinajstić information content (AvgIpc) is 2.78. The second kappa shape index (κ2) is 8.61. The van der Waals surface area contributed by atoms with E-state index < -0.39 is 0 Å². The van der Waals surface area contributed by atoms with E-state index in [2.05, 4.69) is 5.16 Å². The number of carbonyl (C=O) groups excluding carboxylic acids is 1. The zero-order chi connectivity index (χ0) is 20.1. The minimum Gasteiger partial charge on any atom is -0.485 e. The molecule has 0 aliphatic heterocycles. The molecule has 0 fully saturated rings. The lowest BCUT2D eigenvalue weighted by atomic mass is 9.88. The summed E-state index contributed by atoms with van der Waals surface area (Å²) in [5, 5.41) is 12.2. The van der Waals surface area contributed by atoms with Gasteiger partial charge < -0.3 is 14.7 Å². The molecule has 29 heavy (non-hydrogen) atoms. The Morgan fingerprint density at radius 1 is 0.793 bits per heavy atom. The van der Waals surface area contributed by atoms with Crippen LogP contribution in [0.25, 0.3) is 0 Å². The third-order valence-electron chi connectivity index (χ3n) is 4.93. The van der Waals surface area contributed by atoms with Gasteiger partial charge in [-0.15, -0.1) is 0 Å². The molecule has 0 aromatic heterocycles. The molecule has 0 atom stereocenters. The zero-order valence-electron chi connectivity index (χ0n) is 15.9. The maximum absolute atomic E-state index is 12.6. The van der Waals surface area contributed by atoms with Crippen LogP contribution in [0.3, 0.4) is 0 Å². The molecular formula is C24H21NO4. The van der Waals surface area contributed by atoms with Gasteiger partial charge in [0.25, 0.3) is 0 Å². The lowest BCUT2D eigenvalue weighted by Gasteiger charge is -2.22. The van der Waals surface area contributed by atoms with E-state index in [0.29, 0.717) is 43.1 Å². The number of ketones is 1. The van der Waals surface area contributed by atoms with E-state index in [1.54, 1.807) is 12.1 Å². The van der Waals surface area contributed by atoms with Gasteiger partial charge in [0, 0.05) is 17.5 Å². The number of hydrogen-bond donors (Lipinski definition) is 1. The molecule has 5 nitrogen and oxygen atoms in total. The summed E-state index contributed by atoms with van der Waals surface area (Å²) < 4.78 is 12.2. The first kappa shape index (κ1) is 18.7. The first-order valence-electron chi connectivity index (χ1n) is 9.51. The van der Waals surface area contributed by atoms with Crippen molar-refractivity contribution in [3.63, 3.8) is 0 Å². The van der Waals surface area contributed by atoms with Crippen molar-refractivity contribution in [2.24, 2.45) is 5.16 Å². The molecule has 146 valence electrons. The van der Waals surface area contributed by atoms with Gasteiger partial charge in [-0.05, 0) is 29.7 Å². The van der Waals surface area contributed by atoms with Gasteiger partial charge in [0.15, 0.2) is 11.5 Å². The number of oxime groups is 1. The second-order valence-corrected chi connectivity index (χ2v) is 6.84. The average molecular weight is 387 g/mol. The van der Waals surface area contributed by atoms with Gasteiger partial charge in [0.05, 0.1) is 0 Å². The molecule has 0 amide bonds. The quantitative estimate of drug-likeness (QED) is 0.487. The van der Waals surface area contributed by atoms with Gasteiger partial charge in [0.1, 0.15) is 18.9 Å². The highest BCUT2D eigenvalue weighted by Crippen LogP contribution is 2.38. The van der Waals surface area contributed by atoms with Gasteiger partial charge in [-0.2, -0.15) is 0 Å². The van der Waals surface area contributed by atoms with Gasteiger partial charge in [-0.25, -0.2) is 0 Å². The molecule has 1 N–H and O–H groups in total. The van der Waals surface area contributed by atoms with E-state index in [1.165, 1.54) is 0 Å². The lowest BCUT2D eigenvalue weighted by Crippen LogP contribution is -2.23. The third-order valence-corrected chi connectivity index (χ3v) is 4.93. The number of rotatable bonds is 6. The molecule has 3 aromatic rings. The largest absolute Gasteiger partial charge is 0.485 e. The highest BCUT2D eigenvalue weighted by atomic mass is 16.5. The molecule has 0 bridgehead atoms. The summed E-state index contributed by atoms with van der Waals surface area (Å²) in [5.41, 5.74) is 3.54. The van der Waals surface area contributed by atoms with Crippen molar-refractivity contribution in [3.05, 3.63) is 95.1 Å². The van der Waals surface area contributed by atoms with E-state index in [1.807, 2.05) is 60.7 Å². The van der Waals surface area contributed by atoms with Crippen LogP contribution in [0.4, 0.5) is 0 Å². The van der Waals surface area contributed by atoms with Crippen LogP contribution in [0.1, 0.15) is 33.5 Å². The Hall–Kier alpha value is -3.60. The Labute approximate surface area is 169 Å². The summed E-state index contributed by atoms with van der Waals surface area (Å²) in [6.45, 7) is 0.771. The number of nitrogens with zero attached hydrogens (tertiary/aromatic N) is 1. The van der Waals surface area contributed by atoms with Crippen LogP contribution in [-0.4, -0.2) is 16.7 Å². The van der Waals surface area contributed by atoms with Gasteiger partial charge in [-0.3, -0.25) is 4.79 Å². The summed E-state index contributed by atoms with van der Waals surface area (Å²) in [6.07, 6.45) is 0.916. The molecule has 5 heteroatoms. The van der Waals surface area contributed by atoms with Crippen molar-refractivity contribution < 1.29 is 19.5 Å².